The van der Waals surface area contributed by atoms with Gasteiger partial charge in [-0.15, -0.1) is 0 Å². The second-order valence-corrected chi connectivity index (χ2v) is 3.59. The van der Waals surface area contributed by atoms with E-state index in [-0.39, 0.29) is 10.6 Å². The van der Waals surface area contributed by atoms with Gasteiger partial charge in [-0.1, -0.05) is 0 Å². The van der Waals surface area contributed by atoms with Gasteiger partial charge in [0.25, 0.3) is 0 Å². The first-order valence-electron chi connectivity index (χ1n) is 2.70. The van der Waals surface area contributed by atoms with Gasteiger partial charge in [-0.2, -0.15) is 0 Å². The fourth-order valence-electron chi connectivity index (χ4n) is 0.654. The molecule has 0 spiro atoms. The predicted octanol–water partition coefficient (Wildman–Crippen LogP) is 0.121. The first kappa shape index (κ1) is 7.52. The van der Waals surface area contributed by atoms with Gasteiger partial charge in [-0.25, -0.2) is 0 Å². The molecule has 50 valence electrons. The number of nitro benzene ring substituents is 1. The van der Waals surface area contributed by atoms with Crippen LogP contribution in [-0.2, 0) is 0 Å². The van der Waals surface area contributed by atoms with Crippen LogP contribution in [0.4, 0.5) is 5.69 Å². The van der Waals surface area contributed by atoms with Crippen molar-refractivity contribution in [2.75, 3.05) is 0 Å². The Bertz CT molecular complexity index is 262. The summed E-state index contributed by atoms with van der Waals surface area (Å²) >= 11 is 0.795. The number of nitrogens with zero attached hydrogens (tertiary/aromatic N) is 1. The van der Waals surface area contributed by atoms with Gasteiger partial charge in [0.05, 0.1) is 0 Å². The Morgan fingerprint density at radius 1 is 1.40 bits per heavy atom. The first-order valence-corrected chi connectivity index (χ1v) is 4.35. The molecule has 1 rings (SSSR count). The molecular weight excluding hydrogens is 237 g/mol. The number of nitro groups is 1. The van der Waals surface area contributed by atoms with Crippen LogP contribution in [0.25, 0.3) is 0 Å². The molecule has 4 heteroatoms. The molecule has 0 N–H and O–H groups in total. The molecular formula is C6H5NO2Sn. The molecule has 0 saturated heterocycles. The SMILES string of the molecule is O=[N+]([O-])c1cccc[c]1[SnH]. The van der Waals surface area contributed by atoms with Crippen LogP contribution in [0.2, 0.25) is 0 Å². The van der Waals surface area contributed by atoms with E-state index in [1.807, 2.05) is 6.07 Å². The molecule has 0 aliphatic rings. The van der Waals surface area contributed by atoms with E-state index in [1.165, 1.54) is 6.07 Å². The summed E-state index contributed by atoms with van der Waals surface area (Å²) in [6.45, 7) is 0. The minimum atomic E-state index is -0.347. The minimum absolute atomic E-state index is 0.241. The van der Waals surface area contributed by atoms with Crippen LogP contribution in [0.5, 0.6) is 0 Å². The second-order valence-electron chi connectivity index (χ2n) is 1.82. The molecule has 0 aromatic heterocycles. The number of para-hydroxylation sites is 1. The number of benzene rings is 1. The fraction of sp³-hybridized carbons (Fsp3) is 0. The second kappa shape index (κ2) is 3.00. The predicted molar refractivity (Wildman–Crippen MR) is 39.9 cm³/mol. The van der Waals surface area contributed by atoms with Crippen molar-refractivity contribution in [2.24, 2.45) is 0 Å². The topological polar surface area (TPSA) is 43.1 Å². The molecule has 1 aromatic rings. The monoisotopic (exact) mass is 243 g/mol. The van der Waals surface area contributed by atoms with Crippen LogP contribution in [-0.4, -0.2) is 27.4 Å². The van der Waals surface area contributed by atoms with Crippen LogP contribution in [0.1, 0.15) is 0 Å². The zero-order valence-electron chi connectivity index (χ0n) is 5.15. The van der Waals surface area contributed by atoms with Crippen molar-refractivity contribution < 1.29 is 4.92 Å². The summed E-state index contributed by atoms with van der Waals surface area (Å²) in [6, 6.07) is 6.80. The zero-order valence-corrected chi connectivity index (χ0v) is 8.45. The molecule has 1 aromatic carbocycles. The van der Waals surface area contributed by atoms with Crippen LogP contribution in [0.15, 0.2) is 24.3 Å². The van der Waals surface area contributed by atoms with Crippen LogP contribution >= 0.6 is 0 Å². The Hall–Kier alpha value is -0.581. The molecule has 0 aliphatic heterocycles. The van der Waals surface area contributed by atoms with Crippen molar-refractivity contribution in [3.8, 4) is 0 Å². The molecule has 0 bridgehead atoms. The molecule has 0 fully saturated rings. The van der Waals surface area contributed by atoms with Gasteiger partial charge in [-0.05, 0) is 0 Å². The van der Waals surface area contributed by atoms with Crippen molar-refractivity contribution in [2.45, 2.75) is 0 Å². The van der Waals surface area contributed by atoms with Gasteiger partial charge >= 0.3 is 71.1 Å². The van der Waals surface area contributed by atoms with E-state index in [2.05, 4.69) is 0 Å². The number of hydrogen-bond acceptors (Lipinski definition) is 2. The molecule has 0 unspecified atom stereocenters. The quantitative estimate of drug-likeness (QED) is 0.398. The Morgan fingerprint density at radius 2 is 2.00 bits per heavy atom. The van der Waals surface area contributed by atoms with E-state index < -0.39 is 0 Å². The molecule has 0 amide bonds. The molecule has 3 nitrogen and oxygen atoms in total. The third-order valence-corrected chi connectivity index (χ3v) is 2.53. The van der Waals surface area contributed by atoms with E-state index in [1.54, 1.807) is 12.1 Å². The molecule has 0 atom stereocenters. The normalized spacial score (nSPS) is 9.30. The Morgan fingerprint density at radius 3 is 2.40 bits per heavy atom. The summed E-state index contributed by atoms with van der Waals surface area (Å²) in [5.74, 6) is 0. The average molecular weight is 242 g/mol. The Balaban J connectivity index is 3.15. The van der Waals surface area contributed by atoms with Crippen molar-refractivity contribution >= 4 is 31.8 Å². The van der Waals surface area contributed by atoms with Crippen molar-refractivity contribution in [3.63, 3.8) is 0 Å². The van der Waals surface area contributed by atoms with Gasteiger partial charge in [0, 0.05) is 0 Å². The van der Waals surface area contributed by atoms with E-state index in [9.17, 15) is 10.1 Å². The molecule has 2 radical (unpaired) electrons. The van der Waals surface area contributed by atoms with Crippen LogP contribution in [0, 0.1) is 10.1 Å². The summed E-state index contributed by atoms with van der Waals surface area (Å²) < 4.78 is 0.831. The van der Waals surface area contributed by atoms with Crippen molar-refractivity contribution in [3.05, 3.63) is 34.4 Å². The van der Waals surface area contributed by atoms with Gasteiger partial charge in [-0.3, -0.25) is 0 Å². The number of hydrogen-bond donors (Lipinski definition) is 0. The zero-order chi connectivity index (χ0) is 7.56. The average Bonchev–Trinajstić information content (AvgIpc) is 1.88. The summed E-state index contributed by atoms with van der Waals surface area (Å²) in [4.78, 5) is 9.90. The Labute approximate surface area is 71.3 Å². The molecule has 0 aliphatic carbocycles. The summed E-state index contributed by atoms with van der Waals surface area (Å²) in [6.07, 6.45) is 0. The van der Waals surface area contributed by atoms with E-state index in [0.717, 1.165) is 26.1 Å². The first-order chi connectivity index (χ1) is 4.72. The van der Waals surface area contributed by atoms with E-state index in [0.29, 0.717) is 0 Å². The molecule has 0 saturated carbocycles. The molecule has 10 heavy (non-hydrogen) atoms. The maximum absolute atomic E-state index is 10.2. The summed E-state index contributed by atoms with van der Waals surface area (Å²) in [7, 11) is 0. The van der Waals surface area contributed by atoms with Crippen LogP contribution in [0.3, 0.4) is 0 Å². The summed E-state index contributed by atoms with van der Waals surface area (Å²) in [5, 5.41) is 10.2. The standard InChI is InChI=1S/C6H4NO2.Sn.H/c8-7(9)6-4-2-1-3-5-6;;/h1-4H;;. The molecule has 0 heterocycles. The Kier molecular flexibility index (Phi) is 2.26. The van der Waals surface area contributed by atoms with Gasteiger partial charge in [0.2, 0.25) is 0 Å². The van der Waals surface area contributed by atoms with Crippen molar-refractivity contribution in [1.82, 2.24) is 0 Å². The van der Waals surface area contributed by atoms with E-state index >= 15 is 0 Å². The van der Waals surface area contributed by atoms with E-state index in [4.69, 9.17) is 0 Å². The third-order valence-electron chi connectivity index (χ3n) is 1.13. The van der Waals surface area contributed by atoms with Gasteiger partial charge < -0.3 is 0 Å². The van der Waals surface area contributed by atoms with Crippen molar-refractivity contribution in [1.29, 1.82) is 0 Å². The summed E-state index contributed by atoms with van der Waals surface area (Å²) in [5.41, 5.74) is 0.241. The maximum atomic E-state index is 10.2. The van der Waals surface area contributed by atoms with Gasteiger partial charge in [0.15, 0.2) is 0 Å². The fourth-order valence-corrected chi connectivity index (χ4v) is 1.55. The third kappa shape index (κ3) is 1.47. The number of rotatable bonds is 1. The van der Waals surface area contributed by atoms with Crippen LogP contribution < -0.4 is 3.58 Å². The van der Waals surface area contributed by atoms with Gasteiger partial charge in [0.1, 0.15) is 0 Å².